The van der Waals surface area contributed by atoms with Crippen LogP contribution in [0.4, 0.5) is 4.79 Å². The molecule has 1 aliphatic heterocycles. The number of urea groups is 1. The molecule has 3 amide bonds. The molecule has 0 fully saturated rings. The van der Waals surface area contributed by atoms with E-state index in [1.165, 1.54) is 0 Å². The second-order valence-electron chi connectivity index (χ2n) is 1.38. The van der Waals surface area contributed by atoms with E-state index < -0.39 is 17.3 Å². The summed E-state index contributed by atoms with van der Waals surface area (Å²) in [5.41, 5.74) is 0. The number of hydrogen-bond acceptors (Lipinski definition) is 4. The summed E-state index contributed by atoms with van der Waals surface area (Å²) in [6.45, 7) is 0. The van der Waals surface area contributed by atoms with Gasteiger partial charge in [-0.3, -0.25) is 10.1 Å². The highest BCUT2D eigenvalue weighted by atomic mass is 32.1. The van der Waals surface area contributed by atoms with Gasteiger partial charge in [0.15, 0.2) is 5.37 Å². The molecular formula is C3H3N3O2S. The van der Waals surface area contributed by atoms with E-state index in [1.807, 2.05) is 5.32 Å². The highest BCUT2D eigenvalue weighted by molar-refractivity contribution is 7.81. The molecule has 0 aromatic rings. The summed E-state index contributed by atoms with van der Waals surface area (Å²) in [5.74, 6) is -0.529. The van der Waals surface area contributed by atoms with Crippen LogP contribution in [-0.2, 0) is 4.79 Å². The molecule has 0 aliphatic carbocycles. The monoisotopic (exact) mass is 145 g/mol. The molecule has 0 saturated heterocycles. The van der Waals surface area contributed by atoms with Crippen molar-refractivity contribution in [2.24, 2.45) is 10.2 Å². The first-order valence-corrected chi connectivity index (χ1v) is 2.65. The number of amides is 3. The molecule has 1 unspecified atom stereocenters. The number of carbonyl (C=O) groups excluding carboxylic acids is 2. The fraction of sp³-hybridized carbons (Fsp3) is 0.333. The number of nitrogens with zero attached hydrogens (tertiary/aromatic N) is 2. The van der Waals surface area contributed by atoms with Crippen molar-refractivity contribution in [3.63, 3.8) is 0 Å². The minimum Gasteiger partial charge on any atom is -0.272 e. The van der Waals surface area contributed by atoms with Crippen molar-refractivity contribution in [1.29, 1.82) is 0 Å². The summed E-state index contributed by atoms with van der Waals surface area (Å²) in [6, 6.07) is -0.731. The zero-order valence-corrected chi connectivity index (χ0v) is 5.13. The Bertz CT molecular complexity index is 189. The molecule has 48 valence electrons. The zero-order valence-electron chi connectivity index (χ0n) is 4.24. The van der Waals surface area contributed by atoms with Crippen molar-refractivity contribution in [2.45, 2.75) is 5.37 Å². The number of rotatable bonds is 0. The summed E-state index contributed by atoms with van der Waals surface area (Å²) >= 11 is 3.67. The number of azo groups is 1. The van der Waals surface area contributed by atoms with Gasteiger partial charge in [-0.25, -0.2) is 4.79 Å². The van der Waals surface area contributed by atoms with Crippen LogP contribution in [-0.4, -0.2) is 17.3 Å². The Morgan fingerprint density at radius 2 is 2.22 bits per heavy atom. The lowest BCUT2D eigenvalue weighted by Crippen LogP contribution is -2.36. The third kappa shape index (κ3) is 1.26. The van der Waals surface area contributed by atoms with E-state index in [2.05, 4.69) is 22.9 Å². The van der Waals surface area contributed by atoms with E-state index in [9.17, 15) is 9.59 Å². The van der Waals surface area contributed by atoms with Crippen LogP contribution in [0.2, 0.25) is 0 Å². The van der Waals surface area contributed by atoms with Crippen molar-refractivity contribution in [3.05, 3.63) is 0 Å². The topological polar surface area (TPSA) is 70.9 Å². The Kier molecular flexibility index (Phi) is 1.48. The Morgan fingerprint density at radius 1 is 1.56 bits per heavy atom. The Labute approximate surface area is 55.9 Å². The number of hydrogen-bond donors (Lipinski definition) is 2. The maximum Gasteiger partial charge on any atom is 0.366 e. The maximum absolute atomic E-state index is 10.4. The third-order valence-corrected chi connectivity index (χ3v) is 1.06. The predicted molar refractivity (Wildman–Crippen MR) is 31.2 cm³/mol. The second kappa shape index (κ2) is 2.14. The van der Waals surface area contributed by atoms with E-state index in [4.69, 9.17) is 0 Å². The van der Waals surface area contributed by atoms with Crippen LogP contribution in [0.25, 0.3) is 0 Å². The van der Waals surface area contributed by atoms with Crippen molar-refractivity contribution in [3.8, 4) is 0 Å². The molecule has 6 heteroatoms. The smallest absolute Gasteiger partial charge is 0.272 e. The van der Waals surface area contributed by atoms with E-state index in [-0.39, 0.29) is 0 Å². The van der Waals surface area contributed by atoms with Gasteiger partial charge in [-0.15, -0.1) is 12.6 Å². The quantitative estimate of drug-likeness (QED) is 0.469. The molecular weight excluding hydrogens is 142 g/mol. The minimum atomic E-state index is -0.831. The fourth-order valence-electron chi connectivity index (χ4n) is 0.355. The van der Waals surface area contributed by atoms with Crippen molar-refractivity contribution in [2.75, 3.05) is 0 Å². The minimum absolute atomic E-state index is 0.529. The van der Waals surface area contributed by atoms with E-state index in [0.29, 0.717) is 0 Å². The molecule has 0 radical (unpaired) electrons. The summed E-state index contributed by atoms with van der Waals surface area (Å²) in [6.07, 6.45) is 0. The van der Waals surface area contributed by atoms with Crippen LogP contribution >= 0.6 is 12.6 Å². The predicted octanol–water partition coefficient (Wildman–Crippen LogP) is -0.0557. The summed E-state index contributed by atoms with van der Waals surface area (Å²) in [4.78, 5) is 20.6. The van der Waals surface area contributed by atoms with Gasteiger partial charge in [-0.2, -0.15) is 5.11 Å². The second-order valence-corrected chi connectivity index (χ2v) is 1.87. The standard InChI is InChI=1S/C3H3N3O2S/c7-1-2(9)5-6-3(8)4-1/h2,9H,(H,4,7,8). The van der Waals surface area contributed by atoms with Gasteiger partial charge in [0.05, 0.1) is 0 Å². The average molecular weight is 145 g/mol. The lowest BCUT2D eigenvalue weighted by Gasteiger charge is -2.06. The van der Waals surface area contributed by atoms with Crippen LogP contribution in [0.15, 0.2) is 10.2 Å². The zero-order chi connectivity index (χ0) is 6.85. The van der Waals surface area contributed by atoms with Crippen LogP contribution in [0, 0.1) is 0 Å². The SMILES string of the molecule is O=C1N=NC(S)C(=O)N1. The molecule has 9 heavy (non-hydrogen) atoms. The van der Waals surface area contributed by atoms with Crippen molar-refractivity contribution in [1.82, 2.24) is 5.32 Å². The fourth-order valence-corrected chi connectivity index (χ4v) is 0.471. The van der Waals surface area contributed by atoms with Gasteiger partial charge in [0.25, 0.3) is 5.91 Å². The van der Waals surface area contributed by atoms with Crippen LogP contribution < -0.4 is 5.32 Å². The molecule has 1 aliphatic rings. The molecule has 1 N–H and O–H groups in total. The van der Waals surface area contributed by atoms with Crippen molar-refractivity contribution >= 4 is 24.6 Å². The molecule has 1 heterocycles. The summed E-state index contributed by atoms with van der Waals surface area (Å²) < 4.78 is 0. The van der Waals surface area contributed by atoms with Crippen LogP contribution in [0.3, 0.4) is 0 Å². The van der Waals surface area contributed by atoms with Gasteiger partial charge in [0.2, 0.25) is 0 Å². The van der Waals surface area contributed by atoms with E-state index in [1.54, 1.807) is 0 Å². The lowest BCUT2D eigenvalue weighted by molar-refractivity contribution is -0.119. The largest absolute Gasteiger partial charge is 0.366 e. The molecule has 0 aromatic carbocycles. The highest BCUT2D eigenvalue weighted by Gasteiger charge is 2.19. The summed E-state index contributed by atoms with van der Waals surface area (Å²) in [7, 11) is 0. The normalized spacial score (nSPS) is 26.1. The average Bonchev–Trinajstić information content (AvgIpc) is 1.80. The number of nitrogens with one attached hydrogen (secondary N) is 1. The summed E-state index contributed by atoms with van der Waals surface area (Å²) in [5, 5.41) is 7.34. The van der Waals surface area contributed by atoms with Gasteiger partial charge in [-0.05, 0) is 0 Å². The number of carbonyl (C=O) groups is 2. The molecule has 1 rings (SSSR count). The van der Waals surface area contributed by atoms with Gasteiger partial charge in [-0.1, -0.05) is 5.11 Å². The molecule has 1 atom stereocenters. The third-order valence-electron chi connectivity index (χ3n) is 0.723. The van der Waals surface area contributed by atoms with E-state index >= 15 is 0 Å². The molecule has 0 bridgehead atoms. The molecule has 0 aromatic heterocycles. The first kappa shape index (κ1) is 6.21. The number of imide groups is 1. The Hall–Kier alpha value is -0.910. The lowest BCUT2D eigenvalue weighted by atomic mass is 10.6. The maximum atomic E-state index is 10.4. The van der Waals surface area contributed by atoms with E-state index in [0.717, 1.165) is 0 Å². The van der Waals surface area contributed by atoms with Gasteiger partial charge in [0, 0.05) is 0 Å². The number of thiol groups is 1. The molecule has 5 nitrogen and oxygen atoms in total. The Morgan fingerprint density at radius 3 is 2.67 bits per heavy atom. The first-order chi connectivity index (χ1) is 4.20. The van der Waals surface area contributed by atoms with Crippen molar-refractivity contribution < 1.29 is 9.59 Å². The molecule has 0 saturated carbocycles. The first-order valence-electron chi connectivity index (χ1n) is 2.14. The Balaban J connectivity index is 2.76. The van der Waals surface area contributed by atoms with Crippen LogP contribution in [0.5, 0.6) is 0 Å². The van der Waals surface area contributed by atoms with Crippen LogP contribution in [0.1, 0.15) is 0 Å². The highest BCUT2D eigenvalue weighted by Crippen LogP contribution is 2.02. The van der Waals surface area contributed by atoms with Gasteiger partial charge in [0.1, 0.15) is 0 Å². The molecule has 0 spiro atoms. The van der Waals surface area contributed by atoms with Gasteiger partial charge >= 0.3 is 6.03 Å². The van der Waals surface area contributed by atoms with Gasteiger partial charge < -0.3 is 0 Å².